The zero-order chi connectivity index (χ0) is 20.9. The summed E-state index contributed by atoms with van der Waals surface area (Å²) in [6, 6.07) is 5.69. The number of amides is 2. The topological polar surface area (TPSA) is 122 Å². The Labute approximate surface area is 165 Å². The van der Waals surface area contributed by atoms with Gasteiger partial charge in [0.25, 0.3) is 0 Å². The maximum Gasteiger partial charge on any atom is 0.410 e. The van der Waals surface area contributed by atoms with Crippen molar-refractivity contribution >= 4 is 27.7 Å². The fourth-order valence-electron chi connectivity index (χ4n) is 2.69. The molecule has 1 aromatic carbocycles. The Kier molecular flexibility index (Phi) is 7.02. The van der Waals surface area contributed by atoms with Crippen LogP contribution in [0.15, 0.2) is 29.2 Å². The molecule has 1 aliphatic rings. The average molecular weight is 413 g/mol. The van der Waals surface area contributed by atoms with Crippen molar-refractivity contribution < 1.29 is 22.7 Å². The molecule has 1 aromatic rings. The van der Waals surface area contributed by atoms with E-state index in [4.69, 9.17) is 9.88 Å². The third-order valence-electron chi connectivity index (χ3n) is 4.15. The van der Waals surface area contributed by atoms with Crippen molar-refractivity contribution in [1.82, 2.24) is 9.80 Å². The molecule has 0 unspecified atom stereocenters. The first-order chi connectivity index (χ1) is 12.9. The van der Waals surface area contributed by atoms with E-state index >= 15 is 0 Å². The van der Waals surface area contributed by atoms with Crippen LogP contribution >= 0.6 is 0 Å². The molecule has 0 atom stereocenters. The summed E-state index contributed by atoms with van der Waals surface area (Å²) in [5.41, 5.74) is -0.00842. The molecule has 0 bridgehead atoms. The minimum atomic E-state index is -3.75. The predicted molar refractivity (Wildman–Crippen MR) is 105 cm³/mol. The summed E-state index contributed by atoms with van der Waals surface area (Å²) >= 11 is 0. The second kappa shape index (κ2) is 8.89. The van der Waals surface area contributed by atoms with Crippen LogP contribution in [0.25, 0.3) is 0 Å². The highest BCUT2D eigenvalue weighted by molar-refractivity contribution is 7.89. The van der Waals surface area contributed by atoms with Crippen molar-refractivity contribution in [1.29, 1.82) is 0 Å². The Bertz CT molecular complexity index is 794. The second-order valence-corrected chi connectivity index (χ2v) is 9.24. The van der Waals surface area contributed by atoms with E-state index < -0.39 is 15.6 Å². The van der Waals surface area contributed by atoms with E-state index in [0.29, 0.717) is 44.8 Å². The standard InChI is InChI=1S/C18H28N4O5S/c1-18(2,3)27-17(24)22-12-10-21(11-13-22)9-8-16(23)20-14-4-6-15(7-5-14)28(19,25)26/h4-7H,8-13H2,1-3H3,(H,20,23)(H2,19,25,26). The Morgan fingerprint density at radius 1 is 1.11 bits per heavy atom. The number of hydrogen-bond acceptors (Lipinski definition) is 6. The van der Waals surface area contributed by atoms with Gasteiger partial charge in [-0.1, -0.05) is 0 Å². The first-order valence-electron chi connectivity index (χ1n) is 9.07. The largest absolute Gasteiger partial charge is 0.444 e. The highest BCUT2D eigenvalue weighted by Gasteiger charge is 2.25. The average Bonchev–Trinajstić information content (AvgIpc) is 2.58. The molecule has 3 N–H and O–H groups in total. The van der Waals surface area contributed by atoms with Gasteiger partial charge in [0.2, 0.25) is 15.9 Å². The third kappa shape index (κ3) is 7.10. The number of nitrogens with two attached hydrogens (primary N) is 1. The molecule has 0 saturated carbocycles. The van der Waals surface area contributed by atoms with Crippen LogP contribution < -0.4 is 10.5 Å². The number of anilines is 1. The van der Waals surface area contributed by atoms with Gasteiger partial charge in [-0.05, 0) is 45.0 Å². The van der Waals surface area contributed by atoms with Gasteiger partial charge in [-0.15, -0.1) is 0 Å². The van der Waals surface area contributed by atoms with Crippen LogP contribution in [0.1, 0.15) is 27.2 Å². The maximum atomic E-state index is 12.1. The Morgan fingerprint density at radius 2 is 1.68 bits per heavy atom. The van der Waals surface area contributed by atoms with Crippen LogP contribution in [-0.4, -0.2) is 68.5 Å². The van der Waals surface area contributed by atoms with E-state index in [1.165, 1.54) is 24.3 Å². The molecule has 1 fully saturated rings. The van der Waals surface area contributed by atoms with Gasteiger partial charge in [0.1, 0.15) is 5.60 Å². The van der Waals surface area contributed by atoms with Gasteiger partial charge >= 0.3 is 6.09 Å². The minimum Gasteiger partial charge on any atom is -0.444 e. The van der Waals surface area contributed by atoms with E-state index in [0.717, 1.165) is 0 Å². The highest BCUT2D eigenvalue weighted by atomic mass is 32.2. The minimum absolute atomic E-state index is 0.00615. The monoisotopic (exact) mass is 412 g/mol. The van der Waals surface area contributed by atoms with E-state index in [1.807, 2.05) is 20.8 Å². The fourth-order valence-corrected chi connectivity index (χ4v) is 3.21. The molecule has 2 rings (SSSR count). The van der Waals surface area contributed by atoms with Crippen LogP contribution in [0.4, 0.5) is 10.5 Å². The Balaban J connectivity index is 1.73. The van der Waals surface area contributed by atoms with Crippen LogP contribution in [-0.2, 0) is 19.6 Å². The van der Waals surface area contributed by atoms with Crippen LogP contribution in [0.3, 0.4) is 0 Å². The van der Waals surface area contributed by atoms with Crippen molar-refractivity contribution in [2.75, 3.05) is 38.0 Å². The van der Waals surface area contributed by atoms with Gasteiger partial charge in [-0.3, -0.25) is 9.69 Å². The normalized spacial score (nSPS) is 15.9. The number of sulfonamides is 1. The smallest absolute Gasteiger partial charge is 0.410 e. The van der Waals surface area contributed by atoms with Gasteiger partial charge in [-0.2, -0.15) is 0 Å². The van der Waals surface area contributed by atoms with E-state index in [2.05, 4.69) is 10.2 Å². The number of hydrogen-bond donors (Lipinski definition) is 2. The molecule has 0 aromatic heterocycles. The quantitative estimate of drug-likeness (QED) is 0.750. The highest BCUT2D eigenvalue weighted by Crippen LogP contribution is 2.14. The predicted octanol–water partition coefficient (Wildman–Crippen LogP) is 1.22. The zero-order valence-corrected chi connectivity index (χ0v) is 17.3. The van der Waals surface area contributed by atoms with Crippen molar-refractivity contribution in [2.24, 2.45) is 5.14 Å². The summed E-state index contributed by atoms with van der Waals surface area (Å²) in [6.45, 7) is 8.55. The van der Waals surface area contributed by atoms with Crippen molar-refractivity contribution in [3.63, 3.8) is 0 Å². The van der Waals surface area contributed by atoms with Crippen molar-refractivity contribution in [2.45, 2.75) is 37.7 Å². The lowest BCUT2D eigenvalue weighted by atomic mass is 10.2. The van der Waals surface area contributed by atoms with E-state index in [1.54, 1.807) is 4.90 Å². The van der Waals surface area contributed by atoms with Gasteiger partial charge in [0.15, 0.2) is 0 Å². The number of carbonyl (C=O) groups is 2. The van der Waals surface area contributed by atoms with Crippen molar-refractivity contribution in [3.05, 3.63) is 24.3 Å². The molecule has 1 heterocycles. The number of benzene rings is 1. The molecule has 0 spiro atoms. The number of rotatable bonds is 5. The lowest BCUT2D eigenvalue weighted by Gasteiger charge is -2.35. The molecule has 1 saturated heterocycles. The lowest BCUT2D eigenvalue weighted by molar-refractivity contribution is -0.116. The van der Waals surface area contributed by atoms with Gasteiger partial charge in [-0.25, -0.2) is 18.4 Å². The molecule has 2 amide bonds. The summed E-state index contributed by atoms with van der Waals surface area (Å²) < 4.78 is 27.8. The maximum absolute atomic E-state index is 12.1. The molecule has 0 aliphatic carbocycles. The molecule has 156 valence electrons. The number of nitrogens with zero attached hydrogens (tertiary/aromatic N) is 2. The number of primary sulfonamides is 1. The summed E-state index contributed by atoms with van der Waals surface area (Å²) in [7, 11) is -3.75. The Morgan fingerprint density at radius 3 is 2.18 bits per heavy atom. The molecule has 0 radical (unpaired) electrons. The SMILES string of the molecule is CC(C)(C)OC(=O)N1CCN(CCC(=O)Nc2ccc(S(N)(=O)=O)cc2)CC1. The number of carbonyl (C=O) groups excluding carboxylic acids is 2. The molecule has 1 aliphatic heterocycles. The van der Waals surface area contributed by atoms with E-state index in [9.17, 15) is 18.0 Å². The number of piperazine rings is 1. The van der Waals surface area contributed by atoms with Crippen molar-refractivity contribution in [3.8, 4) is 0 Å². The van der Waals surface area contributed by atoms with Gasteiger partial charge < -0.3 is 15.0 Å². The third-order valence-corrected chi connectivity index (χ3v) is 5.07. The number of ether oxygens (including phenoxy) is 1. The first kappa shape index (κ1) is 22.1. The molecular weight excluding hydrogens is 384 g/mol. The Hall–Kier alpha value is -2.17. The molecule has 9 nitrogen and oxygen atoms in total. The van der Waals surface area contributed by atoms with Crippen LogP contribution in [0, 0.1) is 0 Å². The summed E-state index contributed by atoms with van der Waals surface area (Å²) in [5, 5.41) is 7.77. The van der Waals surface area contributed by atoms with Crippen LogP contribution in [0.5, 0.6) is 0 Å². The second-order valence-electron chi connectivity index (χ2n) is 7.68. The lowest BCUT2D eigenvalue weighted by Crippen LogP contribution is -2.50. The summed E-state index contributed by atoms with van der Waals surface area (Å²) in [6.07, 6.45) is -0.0172. The summed E-state index contributed by atoms with van der Waals surface area (Å²) in [4.78, 5) is 27.9. The first-order valence-corrected chi connectivity index (χ1v) is 10.6. The van der Waals surface area contributed by atoms with Crippen LogP contribution in [0.2, 0.25) is 0 Å². The zero-order valence-electron chi connectivity index (χ0n) is 16.5. The molecular formula is C18H28N4O5S. The molecule has 10 heteroatoms. The van der Waals surface area contributed by atoms with Gasteiger partial charge in [0, 0.05) is 44.8 Å². The van der Waals surface area contributed by atoms with E-state index in [-0.39, 0.29) is 16.9 Å². The summed E-state index contributed by atoms with van der Waals surface area (Å²) in [5.74, 6) is -0.169. The molecule has 28 heavy (non-hydrogen) atoms. The number of nitrogens with one attached hydrogen (secondary N) is 1. The fraction of sp³-hybridized carbons (Fsp3) is 0.556. The van der Waals surface area contributed by atoms with Gasteiger partial charge in [0.05, 0.1) is 4.90 Å².